The minimum Gasteiger partial charge on any atom is -0.378 e. The normalized spacial score (nSPS) is 22.2. The quantitative estimate of drug-likeness (QED) is 0.355. The van der Waals surface area contributed by atoms with Gasteiger partial charge in [-0.3, -0.25) is 15.6 Å². The highest BCUT2D eigenvalue weighted by atomic mass is 32.1. The van der Waals surface area contributed by atoms with Gasteiger partial charge in [-0.1, -0.05) is 0 Å². The number of amides is 1. The van der Waals surface area contributed by atoms with Crippen molar-refractivity contribution in [3.8, 4) is 0 Å². The monoisotopic (exact) mass is 427 g/mol. The number of nitrogens with one attached hydrogen (secondary N) is 4. The van der Waals surface area contributed by atoms with Gasteiger partial charge < -0.3 is 20.3 Å². The van der Waals surface area contributed by atoms with Crippen LogP contribution in [0.15, 0.2) is 10.2 Å². The number of carbonyl (C=O) groups excluding carboxylic acids is 1. The second-order valence-electron chi connectivity index (χ2n) is 6.43. The second-order valence-corrected chi connectivity index (χ2v) is 7.25. The van der Waals surface area contributed by atoms with Crippen LogP contribution in [0.3, 0.4) is 0 Å². The van der Waals surface area contributed by atoms with E-state index in [1.54, 1.807) is 0 Å². The van der Waals surface area contributed by atoms with E-state index in [2.05, 4.69) is 31.7 Å². The highest BCUT2D eigenvalue weighted by Crippen LogP contribution is 2.25. The first-order valence-electron chi connectivity index (χ1n) is 9.62. The van der Waals surface area contributed by atoms with Gasteiger partial charge in [-0.15, -0.1) is 0 Å². The van der Waals surface area contributed by atoms with Crippen LogP contribution in [0, 0.1) is 5.92 Å². The van der Waals surface area contributed by atoms with E-state index in [-0.39, 0.29) is 11.8 Å². The maximum absolute atomic E-state index is 12.7. The van der Waals surface area contributed by atoms with Crippen molar-refractivity contribution >= 4 is 52.0 Å². The number of morpholine rings is 1. The molecular weight excluding hydrogens is 398 g/mol. The number of hydrogen-bond donors (Lipinski definition) is 4. The number of rotatable bonds is 6. The summed E-state index contributed by atoms with van der Waals surface area (Å²) in [6, 6.07) is 0. The third-order valence-corrected chi connectivity index (χ3v) is 4.91. The van der Waals surface area contributed by atoms with Gasteiger partial charge in [-0.05, 0) is 51.1 Å². The Kier molecular flexibility index (Phi) is 9.51. The van der Waals surface area contributed by atoms with Crippen molar-refractivity contribution in [1.82, 2.24) is 26.4 Å². The van der Waals surface area contributed by atoms with Crippen LogP contribution in [0.2, 0.25) is 0 Å². The molecule has 4 N–H and O–H groups in total. The molecular formula is C17H29N7O2S2. The third kappa shape index (κ3) is 6.95. The van der Waals surface area contributed by atoms with Crippen LogP contribution in [0.4, 0.5) is 0 Å². The molecule has 0 radical (unpaired) electrons. The van der Waals surface area contributed by atoms with Crippen molar-refractivity contribution < 1.29 is 9.53 Å². The zero-order valence-corrected chi connectivity index (χ0v) is 18.0. The summed E-state index contributed by atoms with van der Waals surface area (Å²) in [6.45, 7) is 7.80. The molecule has 1 saturated heterocycles. The number of carbonyl (C=O) groups is 1. The average molecular weight is 428 g/mol. The van der Waals surface area contributed by atoms with Gasteiger partial charge in [0.25, 0.3) is 0 Å². The predicted molar refractivity (Wildman–Crippen MR) is 118 cm³/mol. The van der Waals surface area contributed by atoms with Crippen molar-refractivity contribution in [3.05, 3.63) is 0 Å². The average Bonchev–Trinajstić information content (AvgIpc) is 3.07. The van der Waals surface area contributed by atoms with E-state index in [0.29, 0.717) is 56.0 Å². The Morgan fingerprint density at radius 3 is 2.32 bits per heavy atom. The molecule has 0 unspecified atom stereocenters. The molecule has 0 spiro atoms. The molecule has 9 nitrogen and oxygen atoms in total. The standard InChI is InChI=1S/C17H29N7O2S2/c1-3-18-16(27)22-20-13-6-5-12(15(13)21-23-17(28)19-4-2)11-14(25)24-7-9-26-10-8-24/h12H,3-11H2,1-2H3,(H2,18,22,27)(H2,19,23,28)/b20-13+,21-15?/t12-/m1/s1. The van der Waals surface area contributed by atoms with Crippen molar-refractivity contribution in [1.29, 1.82) is 0 Å². The molecule has 0 bridgehead atoms. The van der Waals surface area contributed by atoms with E-state index >= 15 is 0 Å². The molecule has 11 heteroatoms. The molecule has 156 valence electrons. The highest BCUT2D eigenvalue weighted by Gasteiger charge is 2.32. The van der Waals surface area contributed by atoms with E-state index < -0.39 is 0 Å². The molecule has 2 aliphatic rings. The molecule has 1 aliphatic carbocycles. The molecule has 0 aromatic carbocycles. The lowest BCUT2D eigenvalue weighted by Gasteiger charge is -2.27. The fourth-order valence-electron chi connectivity index (χ4n) is 3.06. The van der Waals surface area contributed by atoms with Crippen LogP contribution in [-0.2, 0) is 9.53 Å². The fraction of sp³-hybridized carbons (Fsp3) is 0.706. The van der Waals surface area contributed by atoms with Gasteiger partial charge in [0.1, 0.15) is 0 Å². The Morgan fingerprint density at radius 1 is 1.11 bits per heavy atom. The van der Waals surface area contributed by atoms with Crippen molar-refractivity contribution in [2.24, 2.45) is 16.1 Å². The van der Waals surface area contributed by atoms with Gasteiger partial charge in [0.15, 0.2) is 10.2 Å². The van der Waals surface area contributed by atoms with E-state index in [1.165, 1.54) is 0 Å². The largest absolute Gasteiger partial charge is 0.378 e. The lowest BCUT2D eigenvalue weighted by molar-refractivity contribution is -0.135. The number of hydrogen-bond acceptors (Lipinski definition) is 6. The van der Waals surface area contributed by atoms with Gasteiger partial charge in [-0.25, -0.2) is 0 Å². The Bertz CT molecular complexity index is 633. The van der Waals surface area contributed by atoms with E-state index in [9.17, 15) is 4.79 Å². The predicted octanol–water partition coefficient (Wildman–Crippen LogP) is 0.325. The van der Waals surface area contributed by atoms with E-state index in [0.717, 1.165) is 24.3 Å². The number of nitrogens with zero attached hydrogens (tertiary/aromatic N) is 3. The maximum Gasteiger partial charge on any atom is 0.223 e. The van der Waals surface area contributed by atoms with Crippen molar-refractivity contribution in [3.63, 3.8) is 0 Å². The van der Waals surface area contributed by atoms with Crippen LogP contribution >= 0.6 is 24.4 Å². The molecule has 0 aromatic rings. The molecule has 1 aliphatic heterocycles. The lowest BCUT2D eigenvalue weighted by Crippen LogP contribution is -2.42. The topological polar surface area (TPSA) is 102 Å². The molecule has 1 atom stereocenters. The molecule has 1 heterocycles. The third-order valence-electron chi connectivity index (χ3n) is 4.44. The van der Waals surface area contributed by atoms with Crippen LogP contribution < -0.4 is 21.5 Å². The summed E-state index contributed by atoms with van der Waals surface area (Å²) < 4.78 is 5.33. The maximum atomic E-state index is 12.7. The number of ether oxygens (including phenoxy) is 1. The van der Waals surface area contributed by atoms with Gasteiger partial charge in [0.05, 0.1) is 24.6 Å². The zero-order chi connectivity index (χ0) is 20.4. The minimum atomic E-state index is -0.0134. The molecule has 2 rings (SSSR count). The fourth-order valence-corrected chi connectivity index (χ4v) is 3.44. The van der Waals surface area contributed by atoms with E-state index in [4.69, 9.17) is 29.2 Å². The van der Waals surface area contributed by atoms with Crippen LogP contribution in [0.5, 0.6) is 0 Å². The summed E-state index contributed by atoms with van der Waals surface area (Å²) in [7, 11) is 0. The first kappa shape index (κ1) is 22.4. The summed E-state index contributed by atoms with van der Waals surface area (Å²) in [5.41, 5.74) is 7.23. The lowest BCUT2D eigenvalue weighted by atomic mass is 10.0. The second kappa shape index (κ2) is 11.9. The van der Waals surface area contributed by atoms with Gasteiger partial charge >= 0.3 is 0 Å². The van der Waals surface area contributed by atoms with Crippen LogP contribution in [0.1, 0.15) is 33.1 Å². The van der Waals surface area contributed by atoms with Crippen molar-refractivity contribution in [2.75, 3.05) is 39.4 Å². The summed E-state index contributed by atoms with van der Waals surface area (Å²) in [6.07, 6.45) is 1.92. The molecule has 0 aromatic heterocycles. The molecule has 2 fully saturated rings. The first-order chi connectivity index (χ1) is 13.5. The first-order valence-corrected chi connectivity index (χ1v) is 10.4. The summed E-state index contributed by atoms with van der Waals surface area (Å²) in [5.74, 6) is 0.105. The van der Waals surface area contributed by atoms with Crippen LogP contribution in [0.25, 0.3) is 0 Å². The van der Waals surface area contributed by atoms with Gasteiger partial charge in [0, 0.05) is 38.5 Å². The molecule has 28 heavy (non-hydrogen) atoms. The van der Waals surface area contributed by atoms with E-state index in [1.807, 2.05) is 18.7 Å². The van der Waals surface area contributed by atoms with Gasteiger partial charge in [0.2, 0.25) is 5.91 Å². The summed E-state index contributed by atoms with van der Waals surface area (Å²) >= 11 is 10.4. The summed E-state index contributed by atoms with van der Waals surface area (Å²) in [5, 5.41) is 15.7. The number of hydrazone groups is 2. The number of thiocarbonyl (C=S) groups is 2. The zero-order valence-electron chi connectivity index (χ0n) is 16.4. The smallest absolute Gasteiger partial charge is 0.223 e. The Hall–Kier alpha value is -1.85. The highest BCUT2D eigenvalue weighted by molar-refractivity contribution is 7.80. The Labute approximate surface area is 176 Å². The minimum absolute atomic E-state index is 0.0134. The Balaban J connectivity index is 2.07. The SMILES string of the molecule is CCNC(=S)NN=C1/C(=N/NC(=S)NCC)CC[C@@H]1CC(=O)N1CCOCC1. The van der Waals surface area contributed by atoms with Gasteiger partial charge in [-0.2, -0.15) is 10.2 Å². The summed E-state index contributed by atoms with van der Waals surface area (Å²) in [4.78, 5) is 14.5. The molecule has 1 amide bonds. The Morgan fingerprint density at radius 2 is 1.71 bits per heavy atom. The van der Waals surface area contributed by atoms with Crippen LogP contribution in [-0.4, -0.2) is 71.8 Å². The van der Waals surface area contributed by atoms with Crippen molar-refractivity contribution in [2.45, 2.75) is 33.1 Å². The molecule has 1 saturated carbocycles.